The number of carboxylic acids is 1. The number of amides is 1. The molecule has 0 saturated heterocycles. The van der Waals surface area contributed by atoms with Gasteiger partial charge in [0.15, 0.2) is 0 Å². The van der Waals surface area contributed by atoms with Gasteiger partial charge in [-0.15, -0.1) is 12.8 Å². The van der Waals surface area contributed by atoms with E-state index in [1.807, 2.05) is 42.5 Å². The number of esters is 1. The molecule has 12 nitrogen and oxygen atoms in total. The third-order valence-electron chi connectivity index (χ3n) is 9.83. The van der Waals surface area contributed by atoms with Crippen LogP contribution in [0.25, 0.3) is 44.3 Å². The van der Waals surface area contributed by atoms with Crippen molar-refractivity contribution in [1.29, 1.82) is 0 Å². The van der Waals surface area contributed by atoms with Gasteiger partial charge in [-0.25, -0.2) is 29.5 Å². The average Bonchev–Trinajstić information content (AvgIpc) is 3.29. The summed E-state index contributed by atoms with van der Waals surface area (Å²) in [6.45, 7) is 14.2. The Bertz CT molecular complexity index is 2960. The Kier molecular flexibility index (Phi) is 14.6. The van der Waals surface area contributed by atoms with Crippen LogP contribution in [0.15, 0.2) is 109 Å². The first kappa shape index (κ1) is 46.4. The zero-order chi connectivity index (χ0) is 46.8. The van der Waals surface area contributed by atoms with Crippen LogP contribution in [0.4, 0.5) is 5.69 Å². The number of terminal acetylenes is 2. The third kappa shape index (κ3) is 11.9. The monoisotopic (exact) mass is 867 g/mol. The minimum atomic E-state index is -1.17. The van der Waals surface area contributed by atoms with Crippen LogP contribution in [0, 0.1) is 24.7 Å². The highest BCUT2D eigenvalue weighted by Crippen LogP contribution is 2.32. The number of hydrogen-bond donors (Lipinski definition) is 2. The number of nitrogens with one attached hydrogen (secondary N) is 1. The normalized spacial score (nSPS) is 11.0. The summed E-state index contributed by atoms with van der Waals surface area (Å²) in [4.78, 5) is 54.8. The van der Waals surface area contributed by atoms with Gasteiger partial charge in [-0.2, -0.15) is 0 Å². The Morgan fingerprint density at radius 3 is 1.57 bits per heavy atom. The van der Waals surface area contributed by atoms with Crippen LogP contribution in [-0.2, 0) is 4.74 Å². The maximum atomic E-state index is 13.3. The van der Waals surface area contributed by atoms with E-state index in [0.717, 1.165) is 16.5 Å². The summed E-state index contributed by atoms with van der Waals surface area (Å²) >= 11 is 0. The number of carbonyl (C=O) groups excluding carboxylic acids is 2. The molecule has 7 rings (SSSR count). The lowest BCUT2D eigenvalue weighted by Gasteiger charge is -2.19. The maximum Gasteiger partial charge on any atom is 0.373 e. The number of carboxylic acid groups (broad SMARTS) is 1. The quantitative estimate of drug-likeness (QED) is 0.0887. The average molecular weight is 868 g/mol. The SMILES string of the molecule is C#CCOc1ccc2nc(C(=O)Nc3cccc(C(=O)OC(C)(C)C)c3)nc(-c3ccc(C(C)C)cc3)c2c1.C#CCOc1ccc2nc(C(=O)O)nc(-c3ccc(C(C)C)cc3)c2c1. The summed E-state index contributed by atoms with van der Waals surface area (Å²) in [5, 5.41) is 13.6. The van der Waals surface area contributed by atoms with Gasteiger partial charge in [0.25, 0.3) is 5.91 Å². The number of fused-ring (bicyclic) bond motifs is 2. The van der Waals surface area contributed by atoms with Crippen LogP contribution in [0.5, 0.6) is 11.5 Å². The molecule has 0 saturated carbocycles. The minimum Gasteiger partial charge on any atom is -0.481 e. The zero-order valence-electron chi connectivity index (χ0n) is 37.3. The second-order valence-corrected chi connectivity index (χ2v) is 16.5. The van der Waals surface area contributed by atoms with Crippen LogP contribution in [0.1, 0.15) is 103 Å². The molecule has 2 heterocycles. The zero-order valence-corrected chi connectivity index (χ0v) is 37.3. The number of nitrogens with zero attached hydrogens (tertiary/aromatic N) is 4. The number of aromatic carboxylic acids is 1. The van der Waals surface area contributed by atoms with E-state index >= 15 is 0 Å². The van der Waals surface area contributed by atoms with Crippen molar-refractivity contribution in [1.82, 2.24) is 19.9 Å². The highest BCUT2D eigenvalue weighted by Gasteiger charge is 2.21. The molecular formula is C53H49N5O7. The fraction of sp³-hybridized carbons (Fsp3) is 0.226. The summed E-state index contributed by atoms with van der Waals surface area (Å²) in [6.07, 6.45) is 10.6. The first-order chi connectivity index (χ1) is 31.0. The van der Waals surface area contributed by atoms with Gasteiger partial charge in [0, 0.05) is 27.6 Å². The van der Waals surface area contributed by atoms with E-state index in [1.165, 1.54) is 11.1 Å². The molecule has 2 aromatic heterocycles. The number of carbonyl (C=O) groups is 3. The molecule has 0 spiro atoms. The van der Waals surface area contributed by atoms with E-state index in [9.17, 15) is 19.5 Å². The Balaban J connectivity index is 0.000000233. The van der Waals surface area contributed by atoms with Gasteiger partial charge < -0.3 is 24.6 Å². The van der Waals surface area contributed by atoms with E-state index in [-0.39, 0.29) is 24.9 Å². The maximum absolute atomic E-state index is 13.3. The minimum absolute atomic E-state index is 0.00889. The second kappa shape index (κ2) is 20.4. The van der Waals surface area contributed by atoms with Gasteiger partial charge >= 0.3 is 11.9 Å². The topological polar surface area (TPSA) is 163 Å². The molecule has 0 aliphatic heterocycles. The molecule has 1 amide bonds. The molecule has 12 heteroatoms. The first-order valence-corrected chi connectivity index (χ1v) is 20.9. The van der Waals surface area contributed by atoms with Crippen molar-refractivity contribution in [2.45, 2.75) is 65.9 Å². The molecule has 0 unspecified atom stereocenters. The Morgan fingerprint density at radius 2 is 1.12 bits per heavy atom. The number of ether oxygens (including phenoxy) is 3. The number of aromatic nitrogens is 4. The molecule has 0 aliphatic rings. The molecule has 65 heavy (non-hydrogen) atoms. The Labute approximate surface area is 378 Å². The highest BCUT2D eigenvalue weighted by molar-refractivity contribution is 6.05. The van der Waals surface area contributed by atoms with Crippen molar-refractivity contribution in [3.8, 4) is 58.7 Å². The molecule has 7 aromatic rings. The van der Waals surface area contributed by atoms with E-state index in [0.29, 0.717) is 62.4 Å². The van der Waals surface area contributed by atoms with Gasteiger partial charge in [0.2, 0.25) is 11.6 Å². The third-order valence-corrected chi connectivity index (χ3v) is 9.83. The molecule has 328 valence electrons. The van der Waals surface area contributed by atoms with Crippen molar-refractivity contribution in [2.24, 2.45) is 0 Å². The van der Waals surface area contributed by atoms with Crippen molar-refractivity contribution < 1.29 is 33.7 Å². The second-order valence-electron chi connectivity index (χ2n) is 16.5. The molecule has 0 aliphatic carbocycles. The van der Waals surface area contributed by atoms with Gasteiger partial charge in [-0.1, -0.05) is 94.1 Å². The lowest BCUT2D eigenvalue weighted by Crippen LogP contribution is -2.24. The van der Waals surface area contributed by atoms with Crippen LogP contribution in [0.3, 0.4) is 0 Å². The summed E-state index contributed by atoms with van der Waals surface area (Å²) < 4.78 is 16.5. The Hall–Kier alpha value is -8.09. The Morgan fingerprint density at radius 1 is 0.646 bits per heavy atom. The molecule has 0 atom stereocenters. The van der Waals surface area contributed by atoms with Crippen LogP contribution in [0.2, 0.25) is 0 Å². The molecule has 0 fully saturated rings. The van der Waals surface area contributed by atoms with E-state index in [2.05, 4.69) is 76.9 Å². The number of benzene rings is 5. The standard InChI is InChI=1S/C32H31N3O4.C21H18N2O3/c1-7-17-38-25-15-16-27-26(19-25)28(22-13-11-21(12-14-22)20(2)3)35-29(34-27)30(36)33-24-10-8-9-23(18-24)31(37)39-32(4,5)6;1-4-11-26-16-9-10-18-17(12-16)19(23-20(22-18)21(24)25)15-7-5-14(6-8-15)13(2)3/h1,8-16,18-20H,17H2,2-6H3,(H,33,36);1,5-10,12-13H,11H2,2-3H3,(H,24,25). The fourth-order valence-electron chi connectivity index (χ4n) is 6.58. The predicted octanol–water partition coefficient (Wildman–Crippen LogP) is 10.8. The molecule has 0 bridgehead atoms. The first-order valence-electron chi connectivity index (χ1n) is 20.9. The van der Waals surface area contributed by atoms with Gasteiger partial charge in [-0.05, 0) is 98.3 Å². The molecule has 2 N–H and O–H groups in total. The van der Waals surface area contributed by atoms with Crippen molar-refractivity contribution in [3.05, 3.63) is 138 Å². The highest BCUT2D eigenvalue weighted by atomic mass is 16.6. The van der Waals surface area contributed by atoms with Gasteiger partial charge in [0.1, 0.15) is 30.3 Å². The van der Waals surface area contributed by atoms with E-state index in [4.69, 9.17) is 27.1 Å². The fourth-order valence-corrected chi connectivity index (χ4v) is 6.58. The molecule has 0 radical (unpaired) electrons. The predicted molar refractivity (Wildman–Crippen MR) is 253 cm³/mol. The van der Waals surface area contributed by atoms with E-state index < -0.39 is 23.4 Å². The lowest BCUT2D eigenvalue weighted by atomic mass is 9.99. The van der Waals surface area contributed by atoms with Crippen LogP contribution < -0.4 is 14.8 Å². The lowest BCUT2D eigenvalue weighted by molar-refractivity contribution is 0.00691. The van der Waals surface area contributed by atoms with Crippen molar-refractivity contribution >= 4 is 45.3 Å². The van der Waals surface area contributed by atoms with Crippen molar-refractivity contribution in [3.63, 3.8) is 0 Å². The van der Waals surface area contributed by atoms with Gasteiger partial charge in [0.05, 0.1) is 28.0 Å². The van der Waals surface area contributed by atoms with Crippen LogP contribution in [-0.4, -0.2) is 61.7 Å². The summed E-state index contributed by atoms with van der Waals surface area (Å²) in [5.74, 6) is 4.44. The van der Waals surface area contributed by atoms with Gasteiger partial charge in [-0.3, -0.25) is 4.79 Å². The summed E-state index contributed by atoms with van der Waals surface area (Å²) in [6, 6.07) is 33.1. The number of rotatable bonds is 12. The number of hydrogen-bond acceptors (Lipinski definition) is 10. The largest absolute Gasteiger partial charge is 0.481 e. The van der Waals surface area contributed by atoms with E-state index in [1.54, 1.807) is 75.4 Å². The number of anilines is 1. The smallest absolute Gasteiger partial charge is 0.373 e. The molecular weight excluding hydrogens is 819 g/mol. The van der Waals surface area contributed by atoms with Crippen LogP contribution >= 0.6 is 0 Å². The summed E-state index contributed by atoms with van der Waals surface area (Å²) in [5.41, 5.74) is 6.41. The molecule has 5 aromatic carbocycles. The summed E-state index contributed by atoms with van der Waals surface area (Å²) in [7, 11) is 0. The van der Waals surface area contributed by atoms with Crippen molar-refractivity contribution in [2.75, 3.05) is 18.5 Å².